The summed E-state index contributed by atoms with van der Waals surface area (Å²) in [6.45, 7) is 3.81. The second-order valence-corrected chi connectivity index (χ2v) is 4.28. The molecule has 84 valence electrons. The Balaban J connectivity index is 1.97. The number of anilines is 1. The number of hydrogen-bond acceptors (Lipinski definition) is 4. The molecule has 1 fully saturated rings. The van der Waals surface area contributed by atoms with E-state index in [0.29, 0.717) is 11.0 Å². The van der Waals surface area contributed by atoms with Crippen molar-refractivity contribution in [3.05, 3.63) is 23.2 Å². The zero-order valence-electron chi connectivity index (χ0n) is 8.74. The van der Waals surface area contributed by atoms with Gasteiger partial charge < -0.3 is 14.6 Å². The van der Waals surface area contributed by atoms with Crippen LogP contribution >= 0.6 is 11.6 Å². The van der Waals surface area contributed by atoms with Gasteiger partial charge in [-0.1, -0.05) is 11.6 Å². The van der Waals surface area contributed by atoms with Gasteiger partial charge in [0, 0.05) is 31.2 Å². The van der Waals surface area contributed by atoms with Gasteiger partial charge in [0.15, 0.2) is 5.58 Å². The van der Waals surface area contributed by atoms with Crippen LogP contribution in [-0.2, 0) is 0 Å². The number of rotatable bonds is 1. The quantitative estimate of drug-likeness (QED) is 0.823. The summed E-state index contributed by atoms with van der Waals surface area (Å²) in [5.74, 6) is 0. The highest BCUT2D eigenvalue weighted by atomic mass is 35.5. The summed E-state index contributed by atoms with van der Waals surface area (Å²) in [7, 11) is 0. The monoisotopic (exact) mass is 237 g/mol. The van der Waals surface area contributed by atoms with Crippen molar-refractivity contribution in [3.63, 3.8) is 0 Å². The number of nitrogens with zero attached hydrogens (tertiary/aromatic N) is 2. The van der Waals surface area contributed by atoms with Crippen molar-refractivity contribution in [3.8, 4) is 0 Å². The predicted molar refractivity (Wildman–Crippen MR) is 64.1 cm³/mol. The lowest BCUT2D eigenvalue weighted by molar-refractivity contribution is 0.517. The van der Waals surface area contributed by atoms with E-state index in [9.17, 15) is 0 Å². The zero-order chi connectivity index (χ0) is 11.0. The van der Waals surface area contributed by atoms with E-state index in [1.807, 2.05) is 18.2 Å². The van der Waals surface area contributed by atoms with E-state index in [0.717, 1.165) is 37.3 Å². The summed E-state index contributed by atoms with van der Waals surface area (Å²) in [6, 6.07) is 6.19. The normalized spacial score (nSPS) is 16.9. The maximum atomic E-state index is 5.91. The van der Waals surface area contributed by atoms with Crippen molar-refractivity contribution in [1.82, 2.24) is 10.3 Å². The van der Waals surface area contributed by atoms with Gasteiger partial charge in [-0.3, -0.25) is 0 Å². The lowest BCUT2D eigenvalue weighted by Crippen LogP contribution is -2.43. The van der Waals surface area contributed by atoms with Crippen LogP contribution in [-0.4, -0.2) is 31.2 Å². The molecule has 0 bridgehead atoms. The van der Waals surface area contributed by atoms with E-state index in [-0.39, 0.29) is 0 Å². The van der Waals surface area contributed by atoms with Crippen molar-refractivity contribution in [2.24, 2.45) is 0 Å². The van der Waals surface area contributed by atoms with Crippen LogP contribution in [0.25, 0.3) is 11.1 Å². The van der Waals surface area contributed by atoms with Crippen LogP contribution in [0.15, 0.2) is 22.6 Å². The highest BCUT2D eigenvalue weighted by Gasteiger charge is 2.16. The molecule has 4 nitrogen and oxygen atoms in total. The van der Waals surface area contributed by atoms with E-state index in [1.54, 1.807) is 0 Å². The van der Waals surface area contributed by atoms with Crippen LogP contribution in [0.5, 0.6) is 0 Å². The Morgan fingerprint density at radius 3 is 2.94 bits per heavy atom. The third-order valence-electron chi connectivity index (χ3n) is 2.73. The summed E-state index contributed by atoms with van der Waals surface area (Å²) in [5, 5.41) is 3.98. The maximum Gasteiger partial charge on any atom is 0.298 e. The molecular formula is C11H12ClN3O. The van der Waals surface area contributed by atoms with Crippen LogP contribution in [0.4, 0.5) is 6.01 Å². The van der Waals surface area contributed by atoms with Gasteiger partial charge >= 0.3 is 0 Å². The average Bonchev–Trinajstić information content (AvgIpc) is 2.73. The first-order valence-electron chi connectivity index (χ1n) is 5.35. The molecule has 0 aliphatic carbocycles. The summed E-state index contributed by atoms with van der Waals surface area (Å²) in [6.07, 6.45) is 0. The number of oxazole rings is 1. The van der Waals surface area contributed by atoms with Crippen molar-refractivity contribution >= 4 is 28.7 Å². The van der Waals surface area contributed by atoms with Gasteiger partial charge in [0.1, 0.15) is 5.52 Å². The van der Waals surface area contributed by atoms with Gasteiger partial charge in [0.2, 0.25) is 0 Å². The van der Waals surface area contributed by atoms with Gasteiger partial charge in [-0.25, -0.2) is 0 Å². The second kappa shape index (κ2) is 3.96. The largest absolute Gasteiger partial charge is 0.423 e. The first-order valence-corrected chi connectivity index (χ1v) is 5.72. The Hall–Kier alpha value is -1.26. The first kappa shape index (κ1) is 9.93. The van der Waals surface area contributed by atoms with Crippen LogP contribution in [0.3, 0.4) is 0 Å². The summed E-state index contributed by atoms with van der Waals surface area (Å²) in [5.41, 5.74) is 1.61. The zero-order valence-corrected chi connectivity index (χ0v) is 9.50. The fourth-order valence-corrected chi connectivity index (χ4v) is 2.05. The Labute approximate surface area is 98.2 Å². The van der Waals surface area contributed by atoms with Gasteiger partial charge in [-0.05, 0) is 18.2 Å². The Kier molecular flexibility index (Phi) is 2.46. The SMILES string of the molecule is Clc1ccc2oc(N3CCNCC3)nc2c1. The second-order valence-electron chi connectivity index (χ2n) is 3.85. The lowest BCUT2D eigenvalue weighted by atomic mass is 10.3. The molecule has 1 aliphatic heterocycles. The number of hydrogen-bond donors (Lipinski definition) is 1. The number of fused-ring (bicyclic) bond motifs is 1. The van der Waals surface area contributed by atoms with E-state index < -0.39 is 0 Å². The molecule has 0 amide bonds. The molecule has 1 aliphatic rings. The third-order valence-corrected chi connectivity index (χ3v) is 2.96. The molecule has 1 saturated heterocycles. The van der Waals surface area contributed by atoms with Crippen molar-refractivity contribution in [2.45, 2.75) is 0 Å². The van der Waals surface area contributed by atoms with E-state index in [1.165, 1.54) is 0 Å². The average molecular weight is 238 g/mol. The molecule has 0 unspecified atom stereocenters. The molecule has 0 spiro atoms. The first-order chi connectivity index (χ1) is 7.83. The molecule has 0 radical (unpaired) electrons. The Bertz CT molecular complexity index is 505. The number of halogens is 1. The molecular weight excluding hydrogens is 226 g/mol. The molecule has 5 heteroatoms. The molecule has 1 aromatic heterocycles. The summed E-state index contributed by atoms with van der Waals surface area (Å²) < 4.78 is 5.69. The minimum absolute atomic E-state index is 0.688. The molecule has 2 heterocycles. The molecule has 1 N–H and O–H groups in total. The van der Waals surface area contributed by atoms with Crippen LogP contribution in [0.1, 0.15) is 0 Å². The fraction of sp³-hybridized carbons (Fsp3) is 0.364. The standard InChI is InChI=1S/C11H12ClN3O/c12-8-1-2-10-9(7-8)14-11(16-10)15-5-3-13-4-6-15/h1-2,7,13H,3-6H2. The molecule has 2 aromatic rings. The van der Waals surface area contributed by atoms with Crippen molar-refractivity contribution in [1.29, 1.82) is 0 Å². The van der Waals surface area contributed by atoms with Gasteiger partial charge in [0.05, 0.1) is 0 Å². The summed E-state index contributed by atoms with van der Waals surface area (Å²) >= 11 is 5.91. The van der Waals surface area contributed by atoms with Gasteiger partial charge in [-0.2, -0.15) is 4.98 Å². The van der Waals surface area contributed by atoms with E-state index in [4.69, 9.17) is 16.0 Å². The minimum Gasteiger partial charge on any atom is -0.423 e. The Morgan fingerprint density at radius 2 is 2.12 bits per heavy atom. The smallest absolute Gasteiger partial charge is 0.298 e. The van der Waals surface area contributed by atoms with E-state index in [2.05, 4.69) is 15.2 Å². The molecule has 1 aromatic carbocycles. The Morgan fingerprint density at radius 1 is 1.31 bits per heavy atom. The highest BCUT2D eigenvalue weighted by molar-refractivity contribution is 6.31. The van der Waals surface area contributed by atoms with Crippen LogP contribution < -0.4 is 10.2 Å². The van der Waals surface area contributed by atoms with Gasteiger partial charge in [0.25, 0.3) is 6.01 Å². The van der Waals surface area contributed by atoms with Crippen molar-refractivity contribution < 1.29 is 4.42 Å². The van der Waals surface area contributed by atoms with E-state index >= 15 is 0 Å². The number of aromatic nitrogens is 1. The van der Waals surface area contributed by atoms with Gasteiger partial charge in [-0.15, -0.1) is 0 Å². The molecule has 0 atom stereocenters. The molecule has 16 heavy (non-hydrogen) atoms. The van der Waals surface area contributed by atoms with Crippen LogP contribution in [0.2, 0.25) is 5.02 Å². The highest BCUT2D eigenvalue weighted by Crippen LogP contribution is 2.24. The number of piperazine rings is 1. The van der Waals surface area contributed by atoms with Crippen molar-refractivity contribution in [2.75, 3.05) is 31.1 Å². The topological polar surface area (TPSA) is 41.3 Å². The maximum absolute atomic E-state index is 5.91. The lowest BCUT2D eigenvalue weighted by Gasteiger charge is -2.25. The minimum atomic E-state index is 0.688. The summed E-state index contributed by atoms with van der Waals surface area (Å²) in [4.78, 5) is 6.59. The molecule has 0 saturated carbocycles. The third kappa shape index (κ3) is 1.74. The number of nitrogens with one attached hydrogen (secondary N) is 1. The van der Waals surface area contributed by atoms with Crippen LogP contribution in [0, 0.1) is 0 Å². The number of benzene rings is 1. The fourth-order valence-electron chi connectivity index (χ4n) is 1.88. The predicted octanol–water partition coefficient (Wildman–Crippen LogP) is 1.89. The molecule has 3 rings (SSSR count).